The third kappa shape index (κ3) is 4.64. The second-order valence-corrected chi connectivity index (χ2v) is 11.1. The number of aliphatic hydroxyl groups is 1. The van der Waals surface area contributed by atoms with Crippen LogP contribution < -0.4 is 5.32 Å². The number of anilines is 1. The second kappa shape index (κ2) is 10.1. The first kappa shape index (κ1) is 24.3. The molecule has 196 valence electrons. The van der Waals surface area contributed by atoms with Gasteiger partial charge in [0.1, 0.15) is 17.4 Å². The van der Waals surface area contributed by atoms with E-state index in [4.69, 9.17) is 4.98 Å². The van der Waals surface area contributed by atoms with E-state index in [0.717, 1.165) is 55.8 Å². The lowest BCUT2D eigenvalue weighted by Crippen LogP contribution is -2.21. The summed E-state index contributed by atoms with van der Waals surface area (Å²) in [6.07, 6.45) is 3.24. The van der Waals surface area contributed by atoms with E-state index in [1.807, 2.05) is 48.5 Å². The highest BCUT2D eigenvalue weighted by Gasteiger charge is 2.16. The summed E-state index contributed by atoms with van der Waals surface area (Å²) in [5.74, 6) is 0. The minimum atomic E-state index is -0.736. The Labute approximate surface area is 234 Å². The van der Waals surface area contributed by atoms with Crippen LogP contribution in [-0.4, -0.2) is 36.5 Å². The Kier molecular flexibility index (Phi) is 6.11. The molecule has 0 aliphatic rings. The lowest BCUT2D eigenvalue weighted by atomic mass is 10.1. The van der Waals surface area contributed by atoms with Crippen molar-refractivity contribution in [1.29, 1.82) is 0 Å². The maximum atomic E-state index is 10.6. The van der Waals surface area contributed by atoms with Gasteiger partial charge in [0.05, 0.1) is 28.8 Å². The molecular weight excluding hydrogens is 516 g/mol. The Morgan fingerprint density at radius 3 is 2.67 bits per heavy atom. The van der Waals surface area contributed by atoms with Crippen LogP contribution >= 0.6 is 11.3 Å². The summed E-state index contributed by atoms with van der Waals surface area (Å²) in [5, 5.41) is 22.6. The van der Waals surface area contributed by atoms with Crippen LogP contribution in [0.5, 0.6) is 0 Å². The van der Waals surface area contributed by atoms with Crippen molar-refractivity contribution in [2.24, 2.45) is 0 Å². The van der Waals surface area contributed by atoms with Gasteiger partial charge in [-0.1, -0.05) is 42.5 Å². The summed E-state index contributed by atoms with van der Waals surface area (Å²) >= 11 is 1.79. The lowest BCUT2D eigenvalue weighted by molar-refractivity contribution is 0.204. The molecule has 2 aromatic carbocycles. The summed E-state index contributed by atoms with van der Waals surface area (Å²) in [5.41, 5.74) is 8.97. The number of nitrogens with zero attached hydrogens (tertiary/aromatic N) is 3. The molecule has 0 saturated heterocycles. The predicted molar refractivity (Wildman–Crippen MR) is 162 cm³/mol. The maximum Gasteiger partial charge on any atom is 0.135 e. The molecule has 0 saturated carbocycles. The minimum absolute atomic E-state index is 0.492. The number of rotatable bonds is 7. The number of pyridine rings is 2. The van der Waals surface area contributed by atoms with Crippen molar-refractivity contribution in [2.45, 2.75) is 19.6 Å². The fourth-order valence-electron chi connectivity index (χ4n) is 5.06. The third-order valence-electron chi connectivity index (χ3n) is 6.97. The van der Waals surface area contributed by atoms with E-state index in [2.05, 4.69) is 68.8 Å². The number of aliphatic hydroxyl groups excluding tert-OH is 1. The van der Waals surface area contributed by atoms with E-state index in [9.17, 15) is 5.11 Å². The van der Waals surface area contributed by atoms with Crippen molar-refractivity contribution < 1.29 is 5.11 Å². The van der Waals surface area contributed by atoms with Gasteiger partial charge in [0.15, 0.2) is 0 Å². The number of benzene rings is 2. The standard InChI is InChI=1S/C32H26N6OS/c1-19-10-13-29(40-19)23-8-5-9-26-24(23)16-28(35-26)32-31-27(37-38-32)12-11-25(36-31)21-15-22(18-33-17-21)34-30(39)14-20-6-3-2-4-7-20/h2-13,15-18,30,34-35,39H,14H2,1H3,(H,37,38). The van der Waals surface area contributed by atoms with Crippen LogP contribution in [0.2, 0.25) is 0 Å². The molecule has 0 aliphatic carbocycles. The fraction of sp³-hybridized carbons (Fsp3) is 0.0938. The van der Waals surface area contributed by atoms with Crippen LogP contribution in [0, 0.1) is 6.92 Å². The van der Waals surface area contributed by atoms with Crippen LogP contribution in [0.4, 0.5) is 5.69 Å². The molecule has 40 heavy (non-hydrogen) atoms. The van der Waals surface area contributed by atoms with Crippen molar-refractivity contribution >= 4 is 39.0 Å². The van der Waals surface area contributed by atoms with Crippen molar-refractivity contribution in [3.8, 4) is 33.1 Å². The highest BCUT2D eigenvalue weighted by atomic mass is 32.1. The molecule has 0 spiro atoms. The zero-order valence-corrected chi connectivity index (χ0v) is 22.5. The summed E-state index contributed by atoms with van der Waals surface area (Å²) in [4.78, 5) is 15.5. The molecule has 7 aromatic rings. The highest BCUT2D eigenvalue weighted by molar-refractivity contribution is 7.15. The molecule has 7 nitrogen and oxygen atoms in total. The van der Waals surface area contributed by atoms with Crippen LogP contribution in [0.1, 0.15) is 10.4 Å². The number of thiophene rings is 1. The molecular formula is C32H26N6OS. The number of nitrogens with one attached hydrogen (secondary N) is 3. The molecule has 1 atom stereocenters. The number of hydrogen-bond acceptors (Lipinski definition) is 6. The Balaban J connectivity index is 1.21. The summed E-state index contributed by atoms with van der Waals surface area (Å²) < 4.78 is 0. The zero-order valence-electron chi connectivity index (χ0n) is 21.7. The van der Waals surface area contributed by atoms with Crippen LogP contribution in [0.15, 0.2) is 97.3 Å². The van der Waals surface area contributed by atoms with Gasteiger partial charge in [-0.05, 0) is 55.0 Å². The van der Waals surface area contributed by atoms with Crippen molar-refractivity contribution in [3.63, 3.8) is 0 Å². The lowest BCUT2D eigenvalue weighted by Gasteiger charge is -2.14. The van der Waals surface area contributed by atoms with Gasteiger partial charge < -0.3 is 15.4 Å². The minimum Gasteiger partial charge on any atom is -0.373 e. The zero-order chi connectivity index (χ0) is 27.1. The fourth-order valence-corrected chi connectivity index (χ4v) is 5.97. The first-order chi connectivity index (χ1) is 19.6. The van der Waals surface area contributed by atoms with Crippen LogP contribution in [0.25, 0.3) is 55.0 Å². The van der Waals surface area contributed by atoms with Gasteiger partial charge in [-0.3, -0.25) is 10.1 Å². The largest absolute Gasteiger partial charge is 0.373 e. The Morgan fingerprint density at radius 2 is 1.82 bits per heavy atom. The quantitative estimate of drug-likeness (QED) is 0.160. The molecule has 0 fully saturated rings. The first-order valence-electron chi connectivity index (χ1n) is 13.1. The Bertz CT molecular complexity index is 1960. The van der Waals surface area contributed by atoms with E-state index >= 15 is 0 Å². The number of aromatic nitrogens is 5. The monoisotopic (exact) mass is 542 g/mol. The molecule has 0 amide bonds. The van der Waals surface area contributed by atoms with Gasteiger partial charge in [0.25, 0.3) is 0 Å². The average molecular weight is 543 g/mol. The topological polar surface area (TPSA) is 103 Å². The molecule has 7 rings (SSSR count). The van der Waals surface area contributed by atoms with Gasteiger partial charge >= 0.3 is 0 Å². The molecule has 5 heterocycles. The SMILES string of the molecule is Cc1ccc(-c2cccc3[nH]c(-c4n[nH]c5ccc(-c6cncc(NC(O)Cc7ccccc7)c6)nc45)cc23)s1. The van der Waals surface area contributed by atoms with Gasteiger partial charge in [-0.25, -0.2) is 4.98 Å². The third-order valence-corrected chi connectivity index (χ3v) is 8.01. The summed E-state index contributed by atoms with van der Waals surface area (Å²) in [7, 11) is 0. The maximum absolute atomic E-state index is 10.6. The van der Waals surface area contributed by atoms with Crippen LogP contribution in [0.3, 0.4) is 0 Å². The van der Waals surface area contributed by atoms with E-state index in [1.165, 1.54) is 15.3 Å². The molecule has 0 aliphatic heterocycles. The van der Waals surface area contributed by atoms with Gasteiger partial charge in [-0.2, -0.15) is 5.10 Å². The van der Waals surface area contributed by atoms with Crippen LogP contribution in [-0.2, 0) is 6.42 Å². The summed E-state index contributed by atoms with van der Waals surface area (Å²) in [6, 6.07) is 28.6. The number of aryl methyl sites for hydroxylation is 1. The van der Waals surface area contributed by atoms with Crippen molar-refractivity contribution in [1.82, 2.24) is 25.1 Å². The van der Waals surface area contributed by atoms with E-state index in [-0.39, 0.29) is 0 Å². The van der Waals surface area contributed by atoms with E-state index in [0.29, 0.717) is 6.42 Å². The predicted octanol–water partition coefficient (Wildman–Crippen LogP) is 7.18. The van der Waals surface area contributed by atoms with E-state index in [1.54, 1.807) is 23.7 Å². The van der Waals surface area contributed by atoms with Gasteiger partial charge in [0.2, 0.25) is 0 Å². The van der Waals surface area contributed by atoms with E-state index < -0.39 is 6.23 Å². The van der Waals surface area contributed by atoms with Gasteiger partial charge in [0, 0.05) is 44.4 Å². The molecule has 8 heteroatoms. The molecule has 0 radical (unpaired) electrons. The molecule has 1 unspecified atom stereocenters. The smallest absolute Gasteiger partial charge is 0.135 e. The normalized spacial score (nSPS) is 12.2. The highest BCUT2D eigenvalue weighted by Crippen LogP contribution is 2.36. The molecule has 5 aromatic heterocycles. The van der Waals surface area contributed by atoms with Crippen molar-refractivity contribution in [3.05, 3.63) is 108 Å². The Hall–Kier alpha value is -4.79. The summed E-state index contributed by atoms with van der Waals surface area (Å²) in [6.45, 7) is 2.13. The first-order valence-corrected chi connectivity index (χ1v) is 13.9. The number of aromatic amines is 2. The van der Waals surface area contributed by atoms with Crippen molar-refractivity contribution in [2.75, 3.05) is 5.32 Å². The number of hydrogen-bond donors (Lipinski definition) is 4. The Morgan fingerprint density at radius 1 is 0.925 bits per heavy atom. The van der Waals surface area contributed by atoms with Gasteiger partial charge in [-0.15, -0.1) is 11.3 Å². The second-order valence-electron chi connectivity index (χ2n) is 9.84. The molecule has 0 bridgehead atoms. The average Bonchev–Trinajstić information content (AvgIpc) is 3.71. The number of fused-ring (bicyclic) bond motifs is 2. The molecule has 4 N–H and O–H groups in total. The number of H-pyrrole nitrogens is 2.